The van der Waals surface area contributed by atoms with Crippen molar-refractivity contribution in [2.45, 2.75) is 38.0 Å². The Morgan fingerprint density at radius 2 is 2.00 bits per heavy atom. The quantitative estimate of drug-likeness (QED) is 0.182. The fourth-order valence-electron chi connectivity index (χ4n) is 5.34. The maximum absolute atomic E-state index is 13.3. The first-order valence-corrected chi connectivity index (χ1v) is 14.4. The van der Waals surface area contributed by atoms with Gasteiger partial charge in [-0.2, -0.15) is 5.26 Å². The van der Waals surface area contributed by atoms with Gasteiger partial charge in [0.05, 0.1) is 28.0 Å². The van der Waals surface area contributed by atoms with E-state index in [2.05, 4.69) is 15.6 Å². The fourth-order valence-corrected chi connectivity index (χ4v) is 6.11. The first-order valence-electron chi connectivity index (χ1n) is 13.6. The van der Waals surface area contributed by atoms with Gasteiger partial charge in [0.1, 0.15) is 11.6 Å². The summed E-state index contributed by atoms with van der Waals surface area (Å²) in [5.74, 6) is -2.20. The molecule has 1 fully saturated rings. The van der Waals surface area contributed by atoms with Crippen molar-refractivity contribution in [3.05, 3.63) is 68.9 Å². The van der Waals surface area contributed by atoms with E-state index in [0.717, 1.165) is 5.39 Å². The van der Waals surface area contributed by atoms with Crippen LogP contribution in [0.3, 0.4) is 0 Å². The number of carboxylic acids is 1. The molecule has 0 bridgehead atoms. The predicted octanol–water partition coefficient (Wildman–Crippen LogP) is 3.00. The van der Waals surface area contributed by atoms with Crippen LogP contribution in [0.1, 0.15) is 44.7 Å². The topological polar surface area (TPSA) is 172 Å². The van der Waals surface area contributed by atoms with Gasteiger partial charge in [-0.25, -0.2) is 4.79 Å². The lowest BCUT2D eigenvalue weighted by Gasteiger charge is -2.32. The Hall–Kier alpha value is -4.31. The highest BCUT2D eigenvalue weighted by Crippen LogP contribution is 2.35. The first-order chi connectivity index (χ1) is 20.7. The zero-order valence-corrected chi connectivity index (χ0v) is 24.4. The first kappa shape index (κ1) is 30.2. The molecule has 0 spiro atoms. The molecule has 12 nitrogen and oxygen atoms in total. The number of carbonyl (C=O) groups is 3. The van der Waals surface area contributed by atoms with Crippen LogP contribution in [0.25, 0.3) is 11.0 Å². The second kappa shape index (κ2) is 12.9. The summed E-state index contributed by atoms with van der Waals surface area (Å²) in [4.78, 5) is 45.5. The maximum Gasteiger partial charge on any atom is 0.328 e. The van der Waals surface area contributed by atoms with Gasteiger partial charge in [0.15, 0.2) is 0 Å². The number of halogens is 2. The van der Waals surface area contributed by atoms with Crippen molar-refractivity contribution in [1.29, 1.82) is 5.26 Å². The number of nitrogens with one attached hydrogen (secondary N) is 2. The van der Waals surface area contributed by atoms with Gasteiger partial charge in [0.25, 0.3) is 11.8 Å². The highest BCUT2D eigenvalue weighted by atomic mass is 35.5. The van der Waals surface area contributed by atoms with E-state index >= 15 is 0 Å². The lowest BCUT2D eigenvalue weighted by atomic mass is 9.96. The summed E-state index contributed by atoms with van der Waals surface area (Å²) in [6.45, 7) is 1.03. The number of β-amino-alcohol motifs (C(OH)–C–C–N with tert-alkyl or cyclic N) is 1. The lowest BCUT2D eigenvalue weighted by Crippen LogP contribution is -2.53. The molecule has 2 aliphatic heterocycles. The number of carboxylic acid groups (broad SMARTS) is 1. The summed E-state index contributed by atoms with van der Waals surface area (Å²) in [7, 11) is 0. The third-order valence-corrected chi connectivity index (χ3v) is 8.26. The van der Waals surface area contributed by atoms with Crippen LogP contribution in [0.4, 0.5) is 0 Å². The number of aliphatic hydroxyl groups excluding tert-OH is 1. The molecule has 0 saturated carbocycles. The second-order valence-electron chi connectivity index (χ2n) is 10.4. The van der Waals surface area contributed by atoms with Crippen LogP contribution in [-0.2, 0) is 17.8 Å². The van der Waals surface area contributed by atoms with Crippen LogP contribution in [-0.4, -0.2) is 82.1 Å². The van der Waals surface area contributed by atoms with Crippen molar-refractivity contribution >= 4 is 57.9 Å². The number of furan rings is 1. The number of aliphatic carboxylic acids is 1. The molecular weight excluding hydrogens is 599 g/mol. The second-order valence-corrected chi connectivity index (χ2v) is 11.1. The van der Waals surface area contributed by atoms with Crippen LogP contribution in [0.2, 0.25) is 10.0 Å². The van der Waals surface area contributed by atoms with Crippen LogP contribution >= 0.6 is 23.2 Å². The van der Waals surface area contributed by atoms with Crippen molar-refractivity contribution in [2.75, 3.05) is 26.2 Å². The standard InChI is InChI=1S/C29H28Cl2N6O6/c30-21-10-18-13-36(27(40)17-4-3-16-6-9-43-23(16)11-17)8-5-20(18)25(31)24(21)26(39)35-22(28(41)42)12-33-29(34-15-32)37-7-1-2-19(38)14-37/h3-4,6,9-11,19,22,38H,1-2,5,7-8,12-14H2,(H,33,34)(H,35,39)(H,41,42)/t19-,22+/m1/s1. The van der Waals surface area contributed by atoms with Gasteiger partial charge in [-0.15, -0.1) is 4.99 Å². The van der Waals surface area contributed by atoms with Gasteiger partial charge in [0, 0.05) is 43.7 Å². The van der Waals surface area contributed by atoms with Crippen LogP contribution in [0, 0.1) is 11.5 Å². The van der Waals surface area contributed by atoms with E-state index in [0.29, 0.717) is 54.6 Å². The number of fused-ring (bicyclic) bond motifs is 2. The Labute approximate surface area is 256 Å². The van der Waals surface area contributed by atoms with E-state index in [1.807, 2.05) is 12.1 Å². The number of aliphatic hydroxyl groups is 1. The summed E-state index contributed by atoms with van der Waals surface area (Å²) < 4.78 is 5.42. The van der Waals surface area contributed by atoms with Gasteiger partial charge < -0.3 is 35.1 Å². The number of hydrogen-bond donors (Lipinski definition) is 4. The monoisotopic (exact) mass is 626 g/mol. The van der Waals surface area contributed by atoms with Crippen LogP contribution in [0.5, 0.6) is 0 Å². The lowest BCUT2D eigenvalue weighted by molar-refractivity contribution is -0.139. The number of hydrogen-bond acceptors (Lipinski definition) is 7. The van der Waals surface area contributed by atoms with Crippen molar-refractivity contribution in [2.24, 2.45) is 4.99 Å². The van der Waals surface area contributed by atoms with Gasteiger partial charge >= 0.3 is 5.97 Å². The number of amides is 2. The Kier molecular flexibility index (Phi) is 9.05. The molecule has 1 aromatic heterocycles. The number of likely N-dealkylation sites (tertiary alicyclic amines) is 1. The zero-order valence-electron chi connectivity index (χ0n) is 22.8. The molecule has 2 amide bonds. The normalized spacial score (nSPS) is 17.6. The SMILES string of the molecule is N#CN=C(NC[C@H](NC(=O)c1c(Cl)cc2c(c1Cl)CCN(C(=O)c1ccc3ccoc3c1)C2)C(=O)O)N1CCC[C@@H](O)C1. The highest BCUT2D eigenvalue weighted by molar-refractivity contribution is 6.40. The molecule has 224 valence electrons. The number of guanidine groups is 1. The molecule has 2 aliphatic rings. The van der Waals surface area contributed by atoms with E-state index in [1.165, 1.54) is 0 Å². The average molecular weight is 627 g/mol. The predicted molar refractivity (Wildman–Crippen MR) is 158 cm³/mol. The minimum absolute atomic E-state index is 0.0127. The Bertz CT molecular complexity index is 1650. The number of benzene rings is 2. The molecule has 3 aromatic rings. The Morgan fingerprint density at radius 3 is 2.74 bits per heavy atom. The van der Waals surface area contributed by atoms with Gasteiger partial charge in [0.2, 0.25) is 12.2 Å². The summed E-state index contributed by atoms with van der Waals surface area (Å²) in [6.07, 6.45) is 4.28. The molecule has 2 aromatic carbocycles. The van der Waals surface area contributed by atoms with Gasteiger partial charge in [-0.3, -0.25) is 9.59 Å². The van der Waals surface area contributed by atoms with Gasteiger partial charge in [-0.05, 0) is 54.7 Å². The molecule has 1 saturated heterocycles. The number of nitriles is 1. The number of nitrogens with zero attached hydrogens (tertiary/aromatic N) is 4. The Morgan fingerprint density at radius 1 is 1.19 bits per heavy atom. The van der Waals surface area contributed by atoms with Crippen molar-refractivity contribution in [3.8, 4) is 6.19 Å². The number of rotatable bonds is 6. The number of aliphatic imine (C=N–C) groups is 1. The molecule has 3 heterocycles. The molecule has 0 radical (unpaired) electrons. The van der Waals surface area contributed by atoms with Crippen molar-refractivity contribution in [1.82, 2.24) is 20.4 Å². The number of piperidine rings is 1. The molecule has 5 rings (SSSR count). The van der Waals surface area contributed by atoms with E-state index in [-0.39, 0.29) is 47.1 Å². The minimum atomic E-state index is -1.42. The Balaban J connectivity index is 1.28. The maximum atomic E-state index is 13.3. The van der Waals surface area contributed by atoms with Crippen LogP contribution in [0.15, 0.2) is 46.0 Å². The van der Waals surface area contributed by atoms with E-state index < -0.39 is 24.0 Å². The van der Waals surface area contributed by atoms with Crippen molar-refractivity contribution < 1.29 is 29.0 Å². The molecular formula is C29H28Cl2N6O6. The molecule has 0 aliphatic carbocycles. The van der Waals surface area contributed by atoms with E-state index in [4.69, 9.17) is 32.9 Å². The highest BCUT2D eigenvalue weighted by Gasteiger charge is 2.30. The number of carbonyl (C=O) groups excluding carboxylic acids is 2. The third kappa shape index (κ3) is 6.54. The van der Waals surface area contributed by atoms with Crippen molar-refractivity contribution in [3.63, 3.8) is 0 Å². The third-order valence-electron chi connectivity index (χ3n) is 7.54. The largest absolute Gasteiger partial charge is 0.480 e. The van der Waals surface area contributed by atoms with Gasteiger partial charge in [-0.1, -0.05) is 29.3 Å². The molecule has 4 N–H and O–H groups in total. The summed E-state index contributed by atoms with van der Waals surface area (Å²) >= 11 is 13.2. The average Bonchev–Trinajstić information content (AvgIpc) is 3.46. The smallest absolute Gasteiger partial charge is 0.328 e. The summed E-state index contributed by atoms with van der Waals surface area (Å²) in [6, 6.07) is 7.21. The van der Waals surface area contributed by atoms with E-state index in [9.17, 15) is 24.6 Å². The minimum Gasteiger partial charge on any atom is -0.480 e. The molecule has 14 heteroatoms. The molecule has 0 unspecified atom stereocenters. The fraction of sp³-hybridized carbons (Fsp3) is 0.345. The summed E-state index contributed by atoms with van der Waals surface area (Å²) in [5.41, 5.74) is 2.36. The van der Waals surface area contributed by atoms with E-state index in [1.54, 1.807) is 40.5 Å². The zero-order chi connectivity index (χ0) is 30.7. The molecule has 43 heavy (non-hydrogen) atoms. The van der Waals surface area contributed by atoms with Crippen LogP contribution < -0.4 is 10.6 Å². The summed E-state index contributed by atoms with van der Waals surface area (Å²) in [5, 5.41) is 35.1. The molecule has 2 atom stereocenters.